The average molecular weight is 287 g/mol. The van der Waals surface area contributed by atoms with E-state index in [1.165, 1.54) is 0 Å². The van der Waals surface area contributed by atoms with Crippen LogP contribution < -0.4 is 4.90 Å². The molecule has 3 heterocycles. The van der Waals surface area contributed by atoms with Crippen molar-refractivity contribution >= 4 is 5.95 Å². The van der Waals surface area contributed by atoms with Crippen LogP contribution in [0.25, 0.3) is 0 Å². The second kappa shape index (κ2) is 5.77. The number of nitrogens with zero attached hydrogens (tertiary/aromatic N) is 6. The summed E-state index contributed by atoms with van der Waals surface area (Å²) in [4.78, 5) is 18.0. The second-order valence-corrected chi connectivity index (χ2v) is 5.54. The Morgan fingerprint density at radius 1 is 1.10 bits per heavy atom. The molecule has 7 heteroatoms. The van der Waals surface area contributed by atoms with Crippen LogP contribution in [0.4, 0.5) is 5.95 Å². The summed E-state index contributed by atoms with van der Waals surface area (Å²) >= 11 is 0. The van der Waals surface area contributed by atoms with Crippen molar-refractivity contribution in [1.29, 1.82) is 0 Å². The standard InChI is InChI=1S/C14H21N7/c1-10-8-15-14(16-11(10)2)21-6-4-20(5-7-21)9-13-17-12(3)18-19-13/h8H,4-7,9H2,1-3H3,(H,17,18,19). The number of H-pyrrole nitrogens is 1. The predicted octanol–water partition coefficient (Wildman–Crippen LogP) is 0.842. The van der Waals surface area contributed by atoms with Crippen LogP contribution in [0, 0.1) is 20.8 Å². The van der Waals surface area contributed by atoms with Crippen molar-refractivity contribution in [3.63, 3.8) is 0 Å². The minimum atomic E-state index is 0.798. The number of piperazine rings is 1. The van der Waals surface area contributed by atoms with E-state index < -0.39 is 0 Å². The Labute approximate surface area is 124 Å². The van der Waals surface area contributed by atoms with E-state index in [1.807, 2.05) is 27.0 Å². The highest BCUT2D eigenvalue weighted by molar-refractivity contribution is 5.33. The van der Waals surface area contributed by atoms with Crippen LogP contribution in [0.15, 0.2) is 6.20 Å². The fraction of sp³-hybridized carbons (Fsp3) is 0.571. The normalized spacial score (nSPS) is 16.4. The van der Waals surface area contributed by atoms with E-state index in [4.69, 9.17) is 0 Å². The molecule has 0 aliphatic carbocycles. The van der Waals surface area contributed by atoms with Crippen molar-refractivity contribution in [1.82, 2.24) is 30.0 Å². The lowest BCUT2D eigenvalue weighted by Crippen LogP contribution is -2.46. The maximum Gasteiger partial charge on any atom is 0.225 e. The van der Waals surface area contributed by atoms with Crippen molar-refractivity contribution in [3.05, 3.63) is 29.1 Å². The van der Waals surface area contributed by atoms with Gasteiger partial charge in [-0.3, -0.25) is 10.00 Å². The van der Waals surface area contributed by atoms with Gasteiger partial charge in [-0.25, -0.2) is 15.0 Å². The summed E-state index contributed by atoms with van der Waals surface area (Å²) in [5.74, 6) is 2.57. The van der Waals surface area contributed by atoms with Gasteiger partial charge in [-0.15, -0.1) is 0 Å². The molecule has 1 N–H and O–H groups in total. The van der Waals surface area contributed by atoms with Crippen LogP contribution in [0.5, 0.6) is 0 Å². The SMILES string of the molecule is Cc1nc(CN2CCN(c3ncc(C)c(C)n3)CC2)n[nH]1. The molecule has 0 unspecified atom stereocenters. The highest BCUT2D eigenvalue weighted by Gasteiger charge is 2.20. The number of nitrogens with one attached hydrogen (secondary N) is 1. The average Bonchev–Trinajstić information content (AvgIpc) is 2.88. The maximum atomic E-state index is 4.58. The van der Waals surface area contributed by atoms with E-state index in [0.717, 1.165) is 61.6 Å². The van der Waals surface area contributed by atoms with Gasteiger partial charge in [0.15, 0.2) is 5.82 Å². The van der Waals surface area contributed by atoms with Crippen LogP contribution in [-0.2, 0) is 6.54 Å². The largest absolute Gasteiger partial charge is 0.338 e. The Kier molecular flexibility index (Phi) is 3.83. The first-order valence-corrected chi connectivity index (χ1v) is 7.27. The number of anilines is 1. The first-order chi connectivity index (χ1) is 10.1. The zero-order valence-electron chi connectivity index (χ0n) is 12.8. The van der Waals surface area contributed by atoms with Gasteiger partial charge < -0.3 is 4.90 Å². The Morgan fingerprint density at radius 3 is 2.48 bits per heavy atom. The summed E-state index contributed by atoms with van der Waals surface area (Å²) in [6, 6.07) is 0. The van der Waals surface area contributed by atoms with Crippen molar-refractivity contribution in [2.24, 2.45) is 0 Å². The summed E-state index contributed by atoms with van der Waals surface area (Å²) in [6.07, 6.45) is 1.90. The molecule has 3 rings (SSSR count). The molecule has 1 aliphatic rings. The molecule has 1 saturated heterocycles. The Balaban J connectivity index is 1.58. The third kappa shape index (κ3) is 3.18. The van der Waals surface area contributed by atoms with Crippen molar-refractivity contribution < 1.29 is 0 Å². The van der Waals surface area contributed by atoms with Crippen molar-refractivity contribution in [2.75, 3.05) is 31.1 Å². The van der Waals surface area contributed by atoms with Gasteiger partial charge in [0.2, 0.25) is 5.95 Å². The molecule has 1 fully saturated rings. The highest BCUT2D eigenvalue weighted by Crippen LogP contribution is 2.14. The Morgan fingerprint density at radius 2 is 1.86 bits per heavy atom. The first-order valence-electron chi connectivity index (χ1n) is 7.27. The molecule has 0 amide bonds. The van der Waals surface area contributed by atoms with Crippen LogP contribution in [0.3, 0.4) is 0 Å². The lowest BCUT2D eigenvalue weighted by atomic mass is 10.3. The van der Waals surface area contributed by atoms with Crippen molar-refractivity contribution in [3.8, 4) is 0 Å². The number of aromatic nitrogens is 5. The van der Waals surface area contributed by atoms with Crippen LogP contribution in [0.1, 0.15) is 22.9 Å². The van der Waals surface area contributed by atoms with E-state index in [-0.39, 0.29) is 0 Å². The molecule has 0 aromatic carbocycles. The molecule has 0 atom stereocenters. The Hall–Kier alpha value is -2.02. The zero-order chi connectivity index (χ0) is 14.8. The molecule has 2 aromatic heterocycles. The number of rotatable bonds is 3. The van der Waals surface area contributed by atoms with Gasteiger partial charge in [-0.1, -0.05) is 0 Å². The molecular weight excluding hydrogens is 266 g/mol. The third-order valence-electron chi connectivity index (χ3n) is 3.88. The summed E-state index contributed by atoms with van der Waals surface area (Å²) in [5, 5.41) is 7.08. The van der Waals surface area contributed by atoms with Crippen LogP contribution in [0.2, 0.25) is 0 Å². The molecule has 112 valence electrons. The third-order valence-corrected chi connectivity index (χ3v) is 3.88. The summed E-state index contributed by atoms with van der Waals surface area (Å²) in [7, 11) is 0. The first kappa shape index (κ1) is 13.9. The summed E-state index contributed by atoms with van der Waals surface area (Å²) < 4.78 is 0. The maximum absolute atomic E-state index is 4.58. The van der Waals surface area contributed by atoms with Gasteiger partial charge in [-0.2, -0.15) is 5.10 Å². The number of hydrogen-bond acceptors (Lipinski definition) is 6. The summed E-state index contributed by atoms with van der Waals surface area (Å²) in [5.41, 5.74) is 2.19. The van der Waals surface area contributed by atoms with Crippen molar-refractivity contribution in [2.45, 2.75) is 27.3 Å². The van der Waals surface area contributed by atoms with Crippen LogP contribution in [-0.4, -0.2) is 56.2 Å². The van der Waals surface area contributed by atoms with E-state index >= 15 is 0 Å². The van der Waals surface area contributed by atoms with Gasteiger partial charge >= 0.3 is 0 Å². The van der Waals surface area contributed by atoms with Gasteiger partial charge in [0.25, 0.3) is 0 Å². The highest BCUT2D eigenvalue weighted by atomic mass is 15.3. The molecule has 21 heavy (non-hydrogen) atoms. The molecule has 0 radical (unpaired) electrons. The molecule has 1 aliphatic heterocycles. The lowest BCUT2D eigenvalue weighted by molar-refractivity contribution is 0.243. The minimum absolute atomic E-state index is 0.798. The number of aryl methyl sites for hydroxylation is 3. The molecule has 0 spiro atoms. The zero-order valence-corrected chi connectivity index (χ0v) is 12.8. The fourth-order valence-electron chi connectivity index (χ4n) is 2.43. The van der Waals surface area contributed by atoms with E-state index in [9.17, 15) is 0 Å². The van der Waals surface area contributed by atoms with Gasteiger partial charge in [-0.05, 0) is 26.3 Å². The van der Waals surface area contributed by atoms with E-state index in [0.29, 0.717) is 0 Å². The van der Waals surface area contributed by atoms with Gasteiger partial charge in [0.1, 0.15) is 5.82 Å². The molecule has 0 saturated carbocycles. The minimum Gasteiger partial charge on any atom is -0.338 e. The lowest BCUT2D eigenvalue weighted by Gasteiger charge is -2.34. The van der Waals surface area contributed by atoms with Gasteiger partial charge in [0.05, 0.1) is 6.54 Å². The Bertz CT molecular complexity index is 614. The van der Waals surface area contributed by atoms with E-state index in [1.54, 1.807) is 0 Å². The molecule has 0 bridgehead atoms. The second-order valence-electron chi connectivity index (χ2n) is 5.54. The molecular formula is C14H21N7. The van der Waals surface area contributed by atoms with Crippen LogP contribution >= 0.6 is 0 Å². The quantitative estimate of drug-likeness (QED) is 0.902. The smallest absolute Gasteiger partial charge is 0.225 e. The molecule has 2 aromatic rings. The number of aromatic amines is 1. The summed E-state index contributed by atoms with van der Waals surface area (Å²) in [6.45, 7) is 10.6. The monoisotopic (exact) mass is 287 g/mol. The van der Waals surface area contributed by atoms with Gasteiger partial charge in [0, 0.05) is 38.1 Å². The molecule has 7 nitrogen and oxygen atoms in total. The predicted molar refractivity (Wildman–Crippen MR) is 80.1 cm³/mol. The van der Waals surface area contributed by atoms with E-state index in [2.05, 4.69) is 34.9 Å². The number of hydrogen-bond donors (Lipinski definition) is 1. The topological polar surface area (TPSA) is 73.8 Å². The fourth-order valence-corrected chi connectivity index (χ4v) is 2.43.